The van der Waals surface area contributed by atoms with Crippen LogP contribution in [-0.4, -0.2) is 68.5 Å². The molecule has 2 saturated heterocycles. The van der Waals surface area contributed by atoms with Gasteiger partial charge in [-0.2, -0.15) is 13.2 Å². The first-order valence-corrected chi connectivity index (χ1v) is 13.1. The number of halogens is 3. The fraction of sp³-hybridized carbons (Fsp3) is 0.480. The second kappa shape index (κ2) is 9.10. The standard InChI is InChI=1S/C25H27F3N6O2S/c26-25(27,28)11-17-10-19-21(37-17)22(30-15-29-19)33-6-4-24(14-33)3-5-32(13-24)12-16-1-2-20-18(9-16)31-23(36)34(20)7-8-35/h1-2,9-10,15,35H,3-8,11-14H2,(H,31,36). The first kappa shape index (κ1) is 24.4. The number of thiophene rings is 1. The maximum atomic E-state index is 12.9. The highest BCUT2D eigenvalue weighted by Gasteiger charge is 2.44. The molecule has 2 aliphatic heterocycles. The fourth-order valence-corrected chi connectivity index (χ4v) is 7.06. The van der Waals surface area contributed by atoms with Crippen molar-refractivity contribution in [3.63, 3.8) is 0 Å². The average molecular weight is 533 g/mol. The van der Waals surface area contributed by atoms with Crippen molar-refractivity contribution in [1.29, 1.82) is 0 Å². The highest BCUT2D eigenvalue weighted by atomic mass is 32.1. The molecule has 5 heterocycles. The molecular weight excluding hydrogens is 505 g/mol. The third-order valence-corrected chi connectivity index (χ3v) is 8.66. The smallest absolute Gasteiger partial charge is 0.393 e. The van der Waals surface area contributed by atoms with Crippen molar-refractivity contribution in [2.24, 2.45) is 5.41 Å². The topological polar surface area (TPSA) is 90.3 Å². The zero-order valence-electron chi connectivity index (χ0n) is 20.1. The molecule has 2 aliphatic rings. The molecule has 2 fully saturated rings. The summed E-state index contributed by atoms with van der Waals surface area (Å²) in [5.41, 5.74) is 3.14. The summed E-state index contributed by atoms with van der Waals surface area (Å²) in [5, 5.41) is 9.22. The number of nitrogens with one attached hydrogen (secondary N) is 1. The summed E-state index contributed by atoms with van der Waals surface area (Å²) in [6.07, 6.45) is -1.69. The minimum atomic E-state index is -4.25. The third-order valence-electron chi connectivity index (χ3n) is 7.54. The zero-order chi connectivity index (χ0) is 25.8. The number of aromatic nitrogens is 4. The van der Waals surface area contributed by atoms with E-state index >= 15 is 0 Å². The van der Waals surface area contributed by atoms with E-state index in [0.717, 1.165) is 84.0 Å². The molecule has 0 amide bonds. The quantitative estimate of drug-likeness (QED) is 0.395. The second-order valence-corrected chi connectivity index (χ2v) is 11.3. The maximum Gasteiger partial charge on any atom is 0.393 e. The molecule has 3 aromatic heterocycles. The first-order valence-electron chi connectivity index (χ1n) is 12.3. The summed E-state index contributed by atoms with van der Waals surface area (Å²) in [4.78, 5) is 28.6. The van der Waals surface area contributed by atoms with Gasteiger partial charge in [0.25, 0.3) is 0 Å². The minimum absolute atomic E-state index is 0.0940. The predicted molar refractivity (Wildman–Crippen MR) is 136 cm³/mol. The predicted octanol–water partition coefficient (Wildman–Crippen LogP) is 3.53. The van der Waals surface area contributed by atoms with E-state index in [1.807, 2.05) is 18.2 Å². The van der Waals surface area contributed by atoms with Gasteiger partial charge in [0.15, 0.2) is 0 Å². The molecule has 1 aromatic carbocycles. The minimum Gasteiger partial charge on any atom is -0.395 e. The van der Waals surface area contributed by atoms with Crippen LogP contribution in [0.1, 0.15) is 23.3 Å². The van der Waals surface area contributed by atoms with Crippen LogP contribution in [0.3, 0.4) is 0 Å². The number of aromatic amines is 1. The Kier molecular flexibility index (Phi) is 6.00. The molecule has 2 N–H and O–H groups in total. The fourth-order valence-electron chi connectivity index (χ4n) is 5.90. The molecule has 0 aliphatic carbocycles. The Morgan fingerprint density at radius 3 is 2.78 bits per heavy atom. The number of hydrogen-bond donors (Lipinski definition) is 2. The van der Waals surface area contributed by atoms with E-state index in [2.05, 4.69) is 24.8 Å². The largest absolute Gasteiger partial charge is 0.395 e. The van der Waals surface area contributed by atoms with Crippen molar-refractivity contribution in [2.45, 2.75) is 38.5 Å². The molecule has 12 heteroatoms. The summed E-state index contributed by atoms with van der Waals surface area (Å²) in [5.74, 6) is 0.737. The molecule has 0 radical (unpaired) electrons. The van der Waals surface area contributed by atoms with E-state index in [9.17, 15) is 23.1 Å². The van der Waals surface area contributed by atoms with Gasteiger partial charge < -0.3 is 15.0 Å². The number of aliphatic hydroxyl groups is 1. The highest BCUT2D eigenvalue weighted by Crippen LogP contribution is 2.43. The van der Waals surface area contributed by atoms with Crippen LogP contribution in [0.15, 0.2) is 35.4 Å². The van der Waals surface area contributed by atoms with Gasteiger partial charge >= 0.3 is 11.9 Å². The van der Waals surface area contributed by atoms with Gasteiger partial charge in [0.1, 0.15) is 12.1 Å². The third kappa shape index (κ3) is 4.73. The number of H-pyrrole nitrogens is 1. The average Bonchev–Trinajstić information content (AvgIpc) is 3.60. The summed E-state index contributed by atoms with van der Waals surface area (Å²) in [6.45, 7) is 4.47. The van der Waals surface area contributed by atoms with Crippen molar-refractivity contribution >= 4 is 38.4 Å². The molecular formula is C25H27F3N6O2S. The van der Waals surface area contributed by atoms with Crippen molar-refractivity contribution in [1.82, 2.24) is 24.4 Å². The van der Waals surface area contributed by atoms with E-state index in [0.29, 0.717) is 5.52 Å². The van der Waals surface area contributed by atoms with Gasteiger partial charge in [-0.25, -0.2) is 14.8 Å². The van der Waals surface area contributed by atoms with Crippen molar-refractivity contribution in [3.8, 4) is 0 Å². The Morgan fingerprint density at radius 1 is 1.14 bits per heavy atom. The number of benzene rings is 1. The summed E-state index contributed by atoms with van der Waals surface area (Å²) in [7, 11) is 0. The summed E-state index contributed by atoms with van der Waals surface area (Å²) < 4.78 is 41.0. The molecule has 196 valence electrons. The van der Waals surface area contributed by atoms with E-state index in [1.165, 1.54) is 12.4 Å². The Balaban J connectivity index is 1.16. The normalized spacial score (nSPS) is 20.8. The number of nitrogens with zero attached hydrogens (tertiary/aromatic N) is 5. The van der Waals surface area contributed by atoms with Gasteiger partial charge in [-0.05, 0) is 43.1 Å². The van der Waals surface area contributed by atoms with Gasteiger partial charge in [-0.1, -0.05) is 6.07 Å². The molecule has 37 heavy (non-hydrogen) atoms. The summed E-state index contributed by atoms with van der Waals surface area (Å²) in [6, 6.07) is 7.49. The number of fused-ring (bicyclic) bond motifs is 2. The van der Waals surface area contributed by atoms with E-state index in [1.54, 1.807) is 4.57 Å². The SMILES string of the molecule is O=c1[nH]c2cc(CN3CCC4(CCN(c5ncnc6cc(CC(F)(F)F)sc56)C4)C3)ccc2n1CCO. The van der Waals surface area contributed by atoms with Crippen molar-refractivity contribution < 1.29 is 18.3 Å². The number of aliphatic hydroxyl groups excluding tert-OH is 1. The van der Waals surface area contributed by atoms with Gasteiger partial charge in [0.05, 0.1) is 40.8 Å². The van der Waals surface area contributed by atoms with Gasteiger partial charge in [-0.15, -0.1) is 11.3 Å². The van der Waals surface area contributed by atoms with E-state index < -0.39 is 12.6 Å². The molecule has 1 atom stereocenters. The number of hydrogen-bond acceptors (Lipinski definition) is 7. The maximum absolute atomic E-state index is 12.9. The lowest BCUT2D eigenvalue weighted by Crippen LogP contribution is -2.31. The Bertz CT molecular complexity index is 1510. The molecule has 1 unspecified atom stereocenters. The van der Waals surface area contributed by atoms with Crippen molar-refractivity contribution in [2.75, 3.05) is 37.7 Å². The van der Waals surface area contributed by atoms with Gasteiger partial charge in [-0.3, -0.25) is 9.47 Å². The number of rotatable bonds is 6. The van der Waals surface area contributed by atoms with Crippen LogP contribution >= 0.6 is 11.3 Å². The van der Waals surface area contributed by atoms with Crippen LogP contribution in [-0.2, 0) is 19.5 Å². The number of imidazole rings is 1. The lowest BCUT2D eigenvalue weighted by atomic mass is 9.86. The highest BCUT2D eigenvalue weighted by molar-refractivity contribution is 7.19. The Labute approximate surface area is 214 Å². The monoisotopic (exact) mass is 532 g/mol. The van der Waals surface area contributed by atoms with E-state index in [4.69, 9.17) is 0 Å². The van der Waals surface area contributed by atoms with Crippen molar-refractivity contribution in [3.05, 3.63) is 51.5 Å². The molecule has 6 rings (SSSR count). The molecule has 0 bridgehead atoms. The van der Waals surface area contributed by atoms with Crippen LogP contribution < -0.4 is 10.6 Å². The Morgan fingerprint density at radius 2 is 1.97 bits per heavy atom. The van der Waals surface area contributed by atoms with Gasteiger partial charge in [0.2, 0.25) is 0 Å². The van der Waals surface area contributed by atoms with Crippen LogP contribution in [0.2, 0.25) is 0 Å². The first-order chi connectivity index (χ1) is 17.7. The van der Waals surface area contributed by atoms with Crippen LogP contribution in [0.25, 0.3) is 21.3 Å². The lowest BCUT2D eigenvalue weighted by molar-refractivity contribution is -0.126. The molecule has 4 aromatic rings. The second-order valence-electron chi connectivity index (χ2n) is 10.2. The Hall–Kier alpha value is -2.96. The molecule has 0 saturated carbocycles. The molecule has 8 nitrogen and oxygen atoms in total. The zero-order valence-corrected chi connectivity index (χ0v) is 20.9. The van der Waals surface area contributed by atoms with Crippen LogP contribution in [0, 0.1) is 5.41 Å². The number of likely N-dealkylation sites (tertiary alicyclic amines) is 1. The van der Waals surface area contributed by atoms with E-state index in [-0.39, 0.29) is 29.1 Å². The lowest BCUT2D eigenvalue weighted by Gasteiger charge is -2.25. The number of alkyl halides is 3. The number of anilines is 1. The van der Waals surface area contributed by atoms with Crippen LogP contribution in [0.4, 0.5) is 19.0 Å². The summed E-state index contributed by atoms with van der Waals surface area (Å²) >= 11 is 1.14. The molecule has 1 spiro atoms. The van der Waals surface area contributed by atoms with Gasteiger partial charge in [0, 0.05) is 36.5 Å². The van der Waals surface area contributed by atoms with Crippen LogP contribution in [0.5, 0.6) is 0 Å².